The monoisotopic (exact) mass is 377 g/mol. The maximum atomic E-state index is 12.8. The molecule has 1 aromatic heterocycles. The smallest absolute Gasteiger partial charge is 0.410 e. The number of carbonyl (C=O) groups is 1. The number of carbonyl (C=O) groups excluding carboxylic acids is 1. The van der Waals surface area contributed by atoms with Crippen LogP contribution in [-0.4, -0.2) is 59.0 Å². The van der Waals surface area contributed by atoms with E-state index in [0.717, 1.165) is 42.9 Å². The fourth-order valence-electron chi connectivity index (χ4n) is 3.75. The second kappa shape index (κ2) is 8.44. The van der Waals surface area contributed by atoms with Crippen molar-refractivity contribution in [3.8, 4) is 5.75 Å². The molecular formula is C20H31N3O4. The van der Waals surface area contributed by atoms with E-state index < -0.39 is 5.60 Å². The summed E-state index contributed by atoms with van der Waals surface area (Å²) in [7, 11) is 0. The van der Waals surface area contributed by atoms with Crippen LogP contribution in [-0.2, 0) is 11.2 Å². The van der Waals surface area contributed by atoms with Crippen molar-refractivity contribution in [1.82, 2.24) is 15.2 Å². The molecule has 150 valence electrons. The fourth-order valence-corrected chi connectivity index (χ4v) is 3.75. The summed E-state index contributed by atoms with van der Waals surface area (Å²) in [5.74, 6) is 0.776. The van der Waals surface area contributed by atoms with E-state index in [2.05, 4.69) is 10.3 Å². The highest BCUT2D eigenvalue weighted by atomic mass is 16.6. The van der Waals surface area contributed by atoms with Crippen molar-refractivity contribution in [2.75, 3.05) is 26.2 Å². The van der Waals surface area contributed by atoms with Gasteiger partial charge < -0.3 is 24.8 Å². The van der Waals surface area contributed by atoms with E-state index in [1.165, 1.54) is 0 Å². The van der Waals surface area contributed by atoms with E-state index in [1.807, 2.05) is 26.8 Å². The third kappa shape index (κ3) is 4.90. The Morgan fingerprint density at radius 2 is 2.11 bits per heavy atom. The van der Waals surface area contributed by atoms with Crippen LogP contribution in [0.15, 0.2) is 12.3 Å². The van der Waals surface area contributed by atoms with Crippen LogP contribution in [0.5, 0.6) is 5.75 Å². The van der Waals surface area contributed by atoms with Crippen molar-refractivity contribution >= 4 is 6.09 Å². The van der Waals surface area contributed by atoms with E-state index in [9.17, 15) is 9.90 Å². The Balaban J connectivity index is 1.88. The van der Waals surface area contributed by atoms with Gasteiger partial charge in [0, 0.05) is 31.3 Å². The summed E-state index contributed by atoms with van der Waals surface area (Å²) in [6, 6.07) is 1.59. The first-order valence-electron chi connectivity index (χ1n) is 9.84. The Kier molecular flexibility index (Phi) is 6.22. The summed E-state index contributed by atoms with van der Waals surface area (Å²) in [6.45, 7) is 7.97. The molecule has 0 spiro atoms. The second-order valence-electron chi connectivity index (χ2n) is 8.19. The summed E-state index contributed by atoms with van der Waals surface area (Å²) in [5, 5.41) is 13.0. The minimum absolute atomic E-state index is 0.0227. The number of amides is 1. The van der Waals surface area contributed by atoms with Crippen molar-refractivity contribution in [2.45, 2.75) is 64.2 Å². The molecule has 1 amide bonds. The zero-order valence-electron chi connectivity index (χ0n) is 16.5. The lowest BCUT2D eigenvalue weighted by Gasteiger charge is -2.38. The SMILES string of the molecule is CC(C)(C)OC(=O)N1CCc2nccc(OC3CCNCC3)c2C1CCO. The molecule has 7 heteroatoms. The van der Waals surface area contributed by atoms with Gasteiger partial charge in [0.2, 0.25) is 0 Å². The predicted octanol–water partition coefficient (Wildman–Crippen LogP) is 2.43. The molecule has 1 aromatic rings. The molecule has 1 atom stereocenters. The maximum Gasteiger partial charge on any atom is 0.410 e. The van der Waals surface area contributed by atoms with Gasteiger partial charge >= 0.3 is 6.09 Å². The van der Waals surface area contributed by atoms with Gasteiger partial charge in [-0.25, -0.2) is 4.79 Å². The Morgan fingerprint density at radius 1 is 1.37 bits per heavy atom. The number of aromatic nitrogens is 1. The van der Waals surface area contributed by atoms with E-state index in [1.54, 1.807) is 11.1 Å². The van der Waals surface area contributed by atoms with Gasteiger partial charge in [-0.05, 0) is 59.2 Å². The zero-order valence-corrected chi connectivity index (χ0v) is 16.5. The largest absolute Gasteiger partial charge is 0.490 e. The number of pyridine rings is 1. The fraction of sp³-hybridized carbons (Fsp3) is 0.700. The minimum Gasteiger partial charge on any atom is -0.490 e. The van der Waals surface area contributed by atoms with Gasteiger partial charge in [-0.2, -0.15) is 0 Å². The van der Waals surface area contributed by atoms with Crippen molar-refractivity contribution in [3.63, 3.8) is 0 Å². The molecular weight excluding hydrogens is 346 g/mol. The summed E-state index contributed by atoms with van der Waals surface area (Å²) >= 11 is 0. The number of hydrogen-bond acceptors (Lipinski definition) is 6. The van der Waals surface area contributed by atoms with Gasteiger partial charge in [-0.1, -0.05) is 0 Å². The first-order valence-corrected chi connectivity index (χ1v) is 9.84. The van der Waals surface area contributed by atoms with Crippen molar-refractivity contribution in [2.24, 2.45) is 0 Å². The van der Waals surface area contributed by atoms with E-state index >= 15 is 0 Å². The molecule has 1 saturated heterocycles. The molecule has 7 nitrogen and oxygen atoms in total. The molecule has 27 heavy (non-hydrogen) atoms. The minimum atomic E-state index is -0.565. The lowest BCUT2D eigenvalue weighted by atomic mass is 9.93. The number of hydrogen-bond donors (Lipinski definition) is 2. The topological polar surface area (TPSA) is 83.9 Å². The molecule has 1 fully saturated rings. The van der Waals surface area contributed by atoms with Crippen molar-refractivity contribution < 1.29 is 19.4 Å². The molecule has 0 radical (unpaired) electrons. The average Bonchev–Trinajstić information content (AvgIpc) is 2.61. The summed E-state index contributed by atoms with van der Waals surface area (Å²) in [5.41, 5.74) is 1.30. The number of aliphatic hydroxyl groups is 1. The molecule has 3 rings (SSSR count). The van der Waals surface area contributed by atoms with Gasteiger partial charge in [0.1, 0.15) is 17.5 Å². The van der Waals surface area contributed by atoms with Crippen LogP contribution in [0.25, 0.3) is 0 Å². The normalized spacial score (nSPS) is 20.9. The highest BCUT2D eigenvalue weighted by Crippen LogP contribution is 2.39. The lowest BCUT2D eigenvalue weighted by molar-refractivity contribution is 0.0108. The molecule has 2 aliphatic heterocycles. The Bertz CT molecular complexity index is 653. The standard InChI is InChI=1S/C20H31N3O4/c1-20(2,3)27-19(25)23-12-7-15-18(16(23)8-13-24)17(6-11-22-15)26-14-4-9-21-10-5-14/h6,11,14,16,21,24H,4-5,7-10,12-13H2,1-3H3. The number of rotatable bonds is 4. The summed E-state index contributed by atoms with van der Waals surface area (Å²) in [4.78, 5) is 19.0. The van der Waals surface area contributed by atoms with Gasteiger partial charge in [-0.3, -0.25) is 4.98 Å². The number of nitrogens with one attached hydrogen (secondary N) is 1. The second-order valence-corrected chi connectivity index (χ2v) is 8.19. The first kappa shape index (κ1) is 19.9. The van der Waals surface area contributed by atoms with Crippen LogP contribution in [0.2, 0.25) is 0 Å². The van der Waals surface area contributed by atoms with Crippen LogP contribution < -0.4 is 10.1 Å². The number of fused-ring (bicyclic) bond motifs is 1. The number of aliphatic hydroxyl groups excluding tert-OH is 1. The van der Waals surface area contributed by atoms with Crippen LogP contribution in [0.1, 0.15) is 57.3 Å². The summed E-state index contributed by atoms with van der Waals surface area (Å²) in [6.07, 6.45) is 4.57. The third-order valence-electron chi connectivity index (χ3n) is 4.94. The van der Waals surface area contributed by atoms with Crippen LogP contribution >= 0.6 is 0 Å². The summed E-state index contributed by atoms with van der Waals surface area (Å²) < 4.78 is 11.9. The number of piperidine rings is 1. The van der Waals surface area contributed by atoms with E-state index in [4.69, 9.17) is 9.47 Å². The van der Waals surface area contributed by atoms with Gasteiger partial charge in [-0.15, -0.1) is 0 Å². The third-order valence-corrected chi connectivity index (χ3v) is 4.94. The lowest BCUT2D eigenvalue weighted by Crippen LogP contribution is -2.44. The van der Waals surface area contributed by atoms with Gasteiger partial charge in [0.25, 0.3) is 0 Å². The highest BCUT2D eigenvalue weighted by Gasteiger charge is 2.36. The quantitative estimate of drug-likeness (QED) is 0.838. The Hall–Kier alpha value is -1.86. The van der Waals surface area contributed by atoms with Gasteiger partial charge in [0.15, 0.2) is 0 Å². The molecule has 0 aliphatic carbocycles. The van der Waals surface area contributed by atoms with Crippen LogP contribution in [0.4, 0.5) is 4.79 Å². The van der Waals surface area contributed by atoms with Gasteiger partial charge in [0.05, 0.1) is 11.7 Å². The van der Waals surface area contributed by atoms with E-state index in [0.29, 0.717) is 19.4 Å². The Morgan fingerprint density at radius 3 is 2.78 bits per heavy atom. The molecule has 2 N–H and O–H groups in total. The van der Waals surface area contributed by atoms with Crippen LogP contribution in [0, 0.1) is 0 Å². The Labute approximate surface area is 161 Å². The highest BCUT2D eigenvalue weighted by molar-refractivity contribution is 5.70. The first-order chi connectivity index (χ1) is 12.9. The molecule has 0 saturated carbocycles. The molecule has 3 heterocycles. The average molecular weight is 377 g/mol. The maximum absolute atomic E-state index is 12.8. The van der Waals surface area contributed by atoms with E-state index in [-0.39, 0.29) is 24.8 Å². The molecule has 2 aliphatic rings. The van der Waals surface area contributed by atoms with Crippen LogP contribution in [0.3, 0.4) is 0 Å². The van der Waals surface area contributed by atoms with Crippen molar-refractivity contribution in [3.05, 3.63) is 23.5 Å². The molecule has 0 bridgehead atoms. The predicted molar refractivity (Wildman–Crippen MR) is 102 cm³/mol. The van der Waals surface area contributed by atoms with Crippen molar-refractivity contribution in [1.29, 1.82) is 0 Å². The molecule has 1 unspecified atom stereocenters. The zero-order chi connectivity index (χ0) is 19.4. The molecule has 0 aromatic carbocycles. The number of ether oxygens (including phenoxy) is 2. The number of nitrogens with zero attached hydrogens (tertiary/aromatic N) is 2.